The Hall–Kier alpha value is -1.02. The fourth-order valence-corrected chi connectivity index (χ4v) is 5.81. The largest absolute Gasteiger partial charge is 0.371 e. The number of nitrogens with zero attached hydrogens (tertiary/aromatic N) is 1. The molecule has 2 nitrogen and oxygen atoms in total. The third kappa shape index (κ3) is 4.44. The van der Waals surface area contributed by atoms with Gasteiger partial charge in [-0.3, -0.25) is 0 Å². The molecule has 4 aliphatic rings. The molecule has 26 heavy (non-hydrogen) atoms. The van der Waals surface area contributed by atoms with Crippen LogP contribution in [0.3, 0.4) is 0 Å². The van der Waals surface area contributed by atoms with Gasteiger partial charge in [0, 0.05) is 24.3 Å². The smallest absolute Gasteiger partial charge is 0.0437 e. The van der Waals surface area contributed by atoms with E-state index in [4.69, 9.17) is 5.73 Å². The van der Waals surface area contributed by atoms with Gasteiger partial charge in [-0.1, -0.05) is 31.2 Å². The van der Waals surface area contributed by atoms with Gasteiger partial charge in [0.05, 0.1) is 0 Å². The van der Waals surface area contributed by atoms with E-state index in [1.54, 1.807) is 11.1 Å². The zero-order valence-corrected chi connectivity index (χ0v) is 17.2. The van der Waals surface area contributed by atoms with Crippen molar-refractivity contribution in [3.8, 4) is 0 Å². The van der Waals surface area contributed by atoms with Crippen LogP contribution in [0.2, 0.25) is 0 Å². The summed E-state index contributed by atoms with van der Waals surface area (Å²) < 4.78 is 0. The maximum absolute atomic E-state index is 6.57. The molecule has 2 heteroatoms. The number of hydrogen-bond donors (Lipinski definition) is 1. The maximum Gasteiger partial charge on any atom is 0.0437 e. The number of piperidine rings is 1. The third-order valence-electron chi connectivity index (χ3n) is 7.29. The van der Waals surface area contributed by atoms with Crippen LogP contribution in [0.25, 0.3) is 0 Å². The van der Waals surface area contributed by atoms with Crippen LogP contribution in [0.5, 0.6) is 0 Å². The van der Waals surface area contributed by atoms with Crippen LogP contribution in [0, 0.1) is 11.8 Å². The molecule has 1 saturated heterocycles. The minimum absolute atomic E-state index is 0.332. The van der Waals surface area contributed by atoms with Gasteiger partial charge < -0.3 is 10.6 Å². The van der Waals surface area contributed by atoms with E-state index in [2.05, 4.69) is 37.5 Å². The molecular formula is C24H40N2. The number of fused-ring (bicyclic) bond motifs is 6. The van der Waals surface area contributed by atoms with Crippen molar-refractivity contribution in [2.45, 2.75) is 96.6 Å². The Morgan fingerprint density at radius 3 is 2.50 bits per heavy atom. The Balaban J connectivity index is 1.88. The van der Waals surface area contributed by atoms with Gasteiger partial charge in [-0.05, 0) is 95.0 Å². The SMILES string of the molecule is C=C1CCC(/C=C\C)=C(/CC)C2CCC(CC2)CCC2C(N)CCCN12. The highest BCUT2D eigenvalue weighted by Crippen LogP contribution is 2.40. The van der Waals surface area contributed by atoms with Gasteiger partial charge in [0.15, 0.2) is 0 Å². The molecule has 3 heterocycles. The van der Waals surface area contributed by atoms with Crippen molar-refractivity contribution in [2.24, 2.45) is 17.6 Å². The first kappa shape index (κ1) is 19.7. The molecule has 4 rings (SSSR count). The highest BCUT2D eigenvalue weighted by atomic mass is 15.2. The van der Waals surface area contributed by atoms with E-state index in [1.807, 2.05) is 0 Å². The predicted octanol–water partition coefficient (Wildman–Crippen LogP) is 5.95. The molecule has 2 N–H and O–H groups in total. The molecule has 2 fully saturated rings. The molecule has 1 aliphatic carbocycles. The van der Waals surface area contributed by atoms with Gasteiger partial charge in [-0.15, -0.1) is 0 Å². The minimum Gasteiger partial charge on any atom is -0.371 e. The molecule has 0 aromatic carbocycles. The quantitative estimate of drug-likeness (QED) is 0.662. The lowest BCUT2D eigenvalue weighted by atomic mass is 9.74. The van der Waals surface area contributed by atoms with E-state index in [-0.39, 0.29) is 0 Å². The zero-order valence-electron chi connectivity index (χ0n) is 17.2. The molecule has 0 spiro atoms. The second kappa shape index (κ2) is 9.26. The summed E-state index contributed by atoms with van der Waals surface area (Å²) >= 11 is 0. The topological polar surface area (TPSA) is 29.3 Å². The van der Waals surface area contributed by atoms with E-state index in [1.165, 1.54) is 63.5 Å². The van der Waals surface area contributed by atoms with Crippen molar-refractivity contribution in [3.05, 3.63) is 35.6 Å². The average molecular weight is 357 g/mol. The molecule has 1 saturated carbocycles. The fraction of sp³-hybridized carbons (Fsp3) is 0.750. The second-order valence-corrected chi connectivity index (χ2v) is 8.83. The van der Waals surface area contributed by atoms with Crippen LogP contribution in [-0.2, 0) is 0 Å². The Kier molecular flexibility index (Phi) is 7.03. The van der Waals surface area contributed by atoms with Crippen LogP contribution in [0.4, 0.5) is 0 Å². The summed E-state index contributed by atoms with van der Waals surface area (Å²) in [6.45, 7) is 10.2. The Morgan fingerprint density at radius 1 is 1.08 bits per heavy atom. The van der Waals surface area contributed by atoms with Crippen molar-refractivity contribution in [1.82, 2.24) is 4.90 Å². The first-order valence-electron chi connectivity index (χ1n) is 11.2. The predicted molar refractivity (Wildman–Crippen MR) is 113 cm³/mol. The Labute approximate surface area is 161 Å². The van der Waals surface area contributed by atoms with Crippen LogP contribution in [0.15, 0.2) is 35.6 Å². The standard InChI is InChI=1S/C24H40N2/c1-4-7-20-13-9-18(3)26-17-6-8-23(25)24(26)16-12-19-10-14-21(15-11-19)22(20)5-2/h4,7,19,21,23-24H,3,5-6,8-17,25H2,1-2H3/b7-4-,22-20-. The third-order valence-corrected chi connectivity index (χ3v) is 7.29. The first-order valence-corrected chi connectivity index (χ1v) is 11.2. The van der Waals surface area contributed by atoms with E-state index < -0.39 is 0 Å². The Bertz CT molecular complexity index is 536. The molecule has 0 amide bonds. The minimum atomic E-state index is 0.332. The Morgan fingerprint density at radius 2 is 1.81 bits per heavy atom. The van der Waals surface area contributed by atoms with Crippen LogP contribution in [0.1, 0.15) is 84.5 Å². The molecule has 146 valence electrons. The second-order valence-electron chi connectivity index (χ2n) is 8.83. The van der Waals surface area contributed by atoms with Crippen LogP contribution in [-0.4, -0.2) is 23.5 Å². The van der Waals surface area contributed by atoms with Gasteiger partial charge in [0.1, 0.15) is 0 Å². The highest BCUT2D eigenvalue weighted by molar-refractivity contribution is 5.28. The van der Waals surface area contributed by atoms with Gasteiger partial charge in [0.25, 0.3) is 0 Å². The van der Waals surface area contributed by atoms with Gasteiger partial charge >= 0.3 is 0 Å². The molecule has 2 bridgehead atoms. The number of rotatable bonds is 2. The van der Waals surface area contributed by atoms with E-state index in [9.17, 15) is 0 Å². The molecule has 2 unspecified atom stereocenters. The van der Waals surface area contributed by atoms with Crippen molar-refractivity contribution in [2.75, 3.05) is 6.54 Å². The van der Waals surface area contributed by atoms with Crippen molar-refractivity contribution < 1.29 is 0 Å². The summed E-state index contributed by atoms with van der Waals surface area (Å²) in [5.74, 6) is 1.74. The van der Waals surface area contributed by atoms with Gasteiger partial charge in [0.2, 0.25) is 0 Å². The number of allylic oxidation sites excluding steroid dienone is 5. The number of nitrogens with two attached hydrogens (primary N) is 1. The average Bonchev–Trinajstić information content (AvgIpc) is 2.67. The van der Waals surface area contributed by atoms with Crippen LogP contribution < -0.4 is 5.73 Å². The van der Waals surface area contributed by atoms with E-state index >= 15 is 0 Å². The number of hydrogen-bond acceptors (Lipinski definition) is 2. The summed E-state index contributed by atoms with van der Waals surface area (Å²) in [5, 5.41) is 0. The highest BCUT2D eigenvalue weighted by Gasteiger charge is 2.32. The van der Waals surface area contributed by atoms with Gasteiger partial charge in [-0.25, -0.2) is 0 Å². The van der Waals surface area contributed by atoms with Crippen molar-refractivity contribution in [1.29, 1.82) is 0 Å². The van der Waals surface area contributed by atoms with Crippen LogP contribution >= 0.6 is 0 Å². The summed E-state index contributed by atoms with van der Waals surface area (Å²) in [5.41, 5.74) is 11.2. The molecule has 3 aliphatic heterocycles. The molecule has 0 radical (unpaired) electrons. The lowest BCUT2D eigenvalue weighted by molar-refractivity contribution is 0.143. The van der Waals surface area contributed by atoms with Crippen molar-refractivity contribution >= 4 is 0 Å². The lowest BCUT2D eigenvalue weighted by Crippen LogP contribution is -2.51. The monoisotopic (exact) mass is 356 g/mol. The zero-order chi connectivity index (χ0) is 18.5. The molecule has 0 aromatic rings. The van der Waals surface area contributed by atoms with Crippen molar-refractivity contribution in [3.63, 3.8) is 0 Å². The maximum atomic E-state index is 6.57. The normalized spacial score (nSPS) is 37.2. The molecule has 0 aromatic heterocycles. The first-order chi connectivity index (χ1) is 12.6. The van der Waals surface area contributed by atoms with E-state index in [0.717, 1.165) is 31.2 Å². The summed E-state index contributed by atoms with van der Waals surface area (Å²) in [6, 6.07) is 0.855. The summed E-state index contributed by atoms with van der Waals surface area (Å²) in [4.78, 5) is 2.59. The molecule has 2 atom stereocenters. The summed E-state index contributed by atoms with van der Waals surface area (Å²) in [7, 11) is 0. The molecular weight excluding hydrogens is 316 g/mol. The lowest BCUT2D eigenvalue weighted by Gasteiger charge is -2.43. The van der Waals surface area contributed by atoms with Gasteiger partial charge in [-0.2, -0.15) is 0 Å². The fourth-order valence-electron chi connectivity index (χ4n) is 5.81. The summed E-state index contributed by atoms with van der Waals surface area (Å²) in [6.07, 6.45) is 18.7. The van der Waals surface area contributed by atoms with E-state index in [0.29, 0.717) is 12.1 Å².